The third-order valence-corrected chi connectivity index (χ3v) is 6.92. The standard InChI is InChI=1S/C22H28N2O4S/c1-4-21(18-8-6-5-7-9-18)22(25)23-19-10-12-20(13-11-19)29(26,27)24-14-16(2)28-17(3)15-24/h5-13,16-17,21H,4,14-15H2,1-3H3,(H,23,25)/t16-,17+,21-/m1/s1. The zero-order valence-corrected chi connectivity index (χ0v) is 17.9. The van der Waals surface area contributed by atoms with Gasteiger partial charge < -0.3 is 10.1 Å². The molecular formula is C22H28N2O4S. The zero-order valence-electron chi connectivity index (χ0n) is 17.0. The Bertz CT molecular complexity index is 919. The van der Waals surface area contributed by atoms with Crippen molar-refractivity contribution in [3.63, 3.8) is 0 Å². The predicted octanol–water partition coefficient (Wildman–Crippen LogP) is 3.62. The number of nitrogens with zero attached hydrogens (tertiary/aromatic N) is 1. The molecule has 0 saturated carbocycles. The number of carbonyl (C=O) groups excluding carboxylic acids is 1. The maximum Gasteiger partial charge on any atom is 0.243 e. The molecule has 1 saturated heterocycles. The van der Waals surface area contributed by atoms with Crippen LogP contribution in [0.4, 0.5) is 5.69 Å². The molecule has 1 N–H and O–H groups in total. The molecule has 1 heterocycles. The van der Waals surface area contributed by atoms with Gasteiger partial charge in [-0.15, -0.1) is 0 Å². The molecule has 1 amide bonds. The summed E-state index contributed by atoms with van der Waals surface area (Å²) in [5.41, 5.74) is 1.54. The highest BCUT2D eigenvalue weighted by molar-refractivity contribution is 7.89. The number of carbonyl (C=O) groups is 1. The number of rotatable bonds is 6. The molecule has 1 aliphatic heterocycles. The molecule has 0 spiro atoms. The van der Waals surface area contributed by atoms with E-state index in [-0.39, 0.29) is 28.9 Å². The van der Waals surface area contributed by atoms with Gasteiger partial charge in [-0.25, -0.2) is 8.42 Å². The maximum absolute atomic E-state index is 12.9. The SMILES string of the molecule is CC[C@@H](C(=O)Nc1ccc(S(=O)(=O)N2C[C@@H](C)O[C@@H](C)C2)cc1)c1ccccc1. The average Bonchev–Trinajstić information content (AvgIpc) is 2.69. The van der Waals surface area contributed by atoms with Crippen LogP contribution >= 0.6 is 0 Å². The fourth-order valence-corrected chi connectivity index (χ4v) is 5.26. The number of anilines is 1. The monoisotopic (exact) mass is 416 g/mol. The number of benzene rings is 2. The fraction of sp³-hybridized carbons (Fsp3) is 0.409. The summed E-state index contributed by atoms with van der Waals surface area (Å²) in [6.07, 6.45) is 0.391. The van der Waals surface area contributed by atoms with E-state index in [1.807, 2.05) is 51.1 Å². The number of ether oxygens (including phenoxy) is 1. The second-order valence-electron chi connectivity index (χ2n) is 7.46. The topological polar surface area (TPSA) is 75.7 Å². The van der Waals surface area contributed by atoms with E-state index in [4.69, 9.17) is 4.74 Å². The highest BCUT2D eigenvalue weighted by Crippen LogP contribution is 2.24. The van der Waals surface area contributed by atoms with Crippen LogP contribution in [0.25, 0.3) is 0 Å². The van der Waals surface area contributed by atoms with Crippen molar-refractivity contribution in [3.8, 4) is 0 Å². The van der Waals surface area contributed by atoms with Gasteiger partial charge in [-0.1, -0.05) is 37.3 Å². The molecule has 156 valence electrons. The van der Waals surface area contributed by atoms with Gasteiger partial charge in [0.1, 0.15) is 0 Å². The van der Waals surface area contributed by atoms with E-state index >= 15 is 0 Å². The Kier molecular flexibility index (Phi) is 6.72. The molecular weight excluding hydrogens is 388 g/mol. The van der Waals surface area contributed by atoms with Crippen LogP contribution < -0.4 is 5.32 Å². The van der Waals surface area contributed by atoms with Crippen molar-refractivity contribution in [2.75, 3.05) is 18.4 Å². The third-order valence-electron chi connectivity index (χ3n) is 5.07. The van der Waals surface area contributed by atoms with E-state index in [1.165, 1.54) is 4.31 Å². The molecule has 29 heavy (non-hydrogen) atoms. The van der Waals surface area contributed by atoms with Crippen LogP contribution in [0.15, 0.2) is 59.5 Å². The summed E-state index contributed by atoms with van der Waals surface area (Å²) in [4.78, 5) is 12.9. The molecule has 6 nitrogen and oxygen atoms in total. The minimum Gasteiger partial charge on any atom is -0.373 e. The largest absolute Gasteiger partial charge is 0.373 e. The van der Waals surface area contributed by atoms with Gasteiger partial charge >= 0.3 is 0 Å². The Labute approximate surface area is 172 Å². The molecule has 3 rings (SSSR count). The first-order valence-electron chi connectivity index (χ1n) is 9.92. The van der Waals surface area contributed by atoms with Crippen molar-refractivity contribution in [2.45, 2.75) is 50.2 Å². The van der Waals surface area contributed by atoms with E-state index in [0.717, 1.165) is 5.56 Å². The Morgan fingerprint density at radius 1 is 1.07 bits per heavy atom. The van der Waals surface area contributed by atoms with Crippen molar-refractivity contribution >= 4 is 21.6 Å². The molecule has 0 aliphatic carbocycles. The maximum atomic E-state index is 12.9. The Morgan fingerprint density at radius 3 is 2.21 bits per heavy atom. The van der Waals surface area contributed by atoms with E-state index in [9.17, 15) is 13.2 Å². The number of amides is 1. The Balaban J connectivity index is 1.72. The molecule has 0 aromatic heterocycles. The number of hydrogen-bond donors (Lipinski definition) is 1. The van der Waals surface area contributed by atoms with Crippen LogP contribution in [-0.4, -0.2) is 43.9 Å². The highest BCUT2D eigenvalue weighted by atomic mass is 32.2. The Morgan fingerprint density at radius 2 is 1.66 bits per heavy atom. The number of nitrogens with one attached hydrogen (secondary N) is 1. The predicted molar refractivity (Wildman–Crippen MR) is 113 cm³/mol. The van der Waals surface area contributed by atoms with Crippen molar-refractivity contribution < 1.29 is 17.9 Å². The van der Waals surface area contributed by atoms with Crippen molar-refractivity contribution in [1.29, 1.82) is 0 Å². The summed E-state index contributed by atoms with van der Waals surface area (Å²) in [6, 6.07) is 16.0. The van der Waals surface area contributed by atoms with E-state index < -0.39 is 10.0 Å². The first-order chi connectivity index (χ1) is 13.8. The minimum absolute atomic E-state index is 0.106. The van der Waals surface area contributed by atoms with Gasteiger partial charge in [0, 0.05) is 18.8 Å². The van der Waals surface area contributed by atoms with Crippen molar-refractivity contribution in [2.24, 2.45) is 0 Å². The lowest BCUT2D eigenvalue weighted by Gasteiger charge is -2.34. The average molecular weight is 417 g/mol. The molecule has 7 heteroatoms. The van der Waals surface area contributed by atoms with Crippen LogP contribution in [0, 0.1) is 0 Å². The van der Waals surface area contributed by atoms with Gasteiger partial charge in [-0.2, -0.15) is 4.31 Å². The second-order valence-corrected chi connectivity index (χ2v) is 9.40. The van der Waals surface area contributed by atoms with Crippen LogP contribution in [0.2, 0.25) is 0 Å². The van der Waals surface area contributed by atoms with Gasteiger partial charge in [-0.3, -0.25) is 4.79 Å². The quantitative estimate of drug-likeness (QED) is 0.780. The number of hydrogen-bond acceptors (Lipinski definition) is 4. The molecule has 1 aliphatic rings. The van der Waals surface area contributed by atoms with E-state index in [0.29, 0.717) is 25.2 Å². The van der Waals surface area contributed by atoms with Crippen molar-refractivity contribution in [1.82, 2.24) is 4.31 Å². The molecule has 2 aromatic carbocycles. The van der Waals surface area contributed by atoms with Crippen LogP contribution in [-0.2, 0) is 19.6 Å². The van der Waals surface area contributed by atoms with Crippen molar-refractivity contribution in [3.05, 3.63) is 60.2 Å². The molecule has 1 fully saturated rings. The second kappa shape index (κ2) is 9.07. The normalized spacial score (nSPS) is 21.5. The molecule has 0 bridgehead atoms. The summed E-state index contributed by atoms with van der Waals surface area (Å²) >= 11 is 0. The third kappa shape index (κ3) is 5.04. The van der Waals surface area contributed by atoms with E-state index in [2.05, 4.69) is 5.32 Å². The first kappa shape index (κ1) is 21.5. The summed E-state index contributed by atoms with van der Waals surface area (Å²) < 4.78 is 33.0. The summed E-state index contributed by atoms with van der Waals surface area (Å²) in [7, 11) is -3.60. The van der Waals surface area contributed by atoms with Crippen LogP contribution in [0.5, 0.6) is 0 Å². The molecule has 3 atom stereocenters. The molecule has 2 aromatic rings. The number of sulfonamides is 1. The lowest BCUT2D eigenvalue weighted by atomic mass is 9.95. The first-order valence-corrected chi connectivity index (χ1v) is 11.4. The van der Waals surface area contributed by atoms with E-state index in [1.54, 1.807) is 24.3 Å². The summed E-state index contributed by atoms with van der Waals surface area (Å²) in [5.74, 6) is -0.360. The zero-order chi connectivity index (χ0) is 21.0. The lowest BCUT2D eigenvalue weighted by Crippen LogP contribution is -2.48. The van der Waals surface area contributed by atoms with Crippen LogP contribution in [0.3, 0.4) is 0 Å². The molecule has 0 unspecified atom stereocenters. The summed E-state index contributed by atoms with van der Waals surface area (Å²) in [6.45, 7) is 6.37. The summed E-state index contributed by atoms with van der Waals surface area (Å²) in [5, 5.41) is 2.90. The van der Waals surface area contributed by atoms with Gasteiger partial charge in [0.2, 0.25) is 15.9 Å². The van der Waals surface area contributed by atoms with Crippen LogP contribution in [0.1, 0.15) is 38.7 Å². The smallest absolute Gasteiger partial charge is 0.243 e. The Hall–Kier alpha value is -2.22. The fourth-order valence-electron chi connectivity index (χ4n) is 3.67. The number of morpholine rings is 1. The molecule has 0 radical (unpaired) electrons. The van der Waals surface area contributed by atoms with Gasteiger partial charge in [0.25, 0.3) is 0 Å². The van der Waals surface area contributed by atoms with Gasteiger partial charge in [0.05, 0.1) is 23.0 Å². The lowest BCUT2D eigenvalue weighted by molar-refractivity contribution is -0.117. The van der Waals surface area contributed by atoms with Gasteiger partial charge in [0.15, 0.2) is 0 Å². The van der Waals surface area contributed by atoms with Gasteiger partial charge in [-0.05, 0) is 50.1 Å². The minimum atomic E-state index is -3.60. The highest BCUT2D eigenvalue weighted by Gasteiger charge is 2.32.